The highest BCUT2D eigenvalue weighted by atomic mass is 19.1. The van der Waals surface area contributed by atoms with E-state index in [1.54, 1.807) is 13.3 Å². The number of furan rings is 1. The molecule has 1 aromatic carbocycles. The second kappa shape index (κ2) is 5.31. The molecule has 0 saturated carbocycles. The van der Waals surface area contributed by atoms with Crippen molar-refractivity contribution < 1.29 is 13.2 Å². The van der Waals surface area contributed by atoms with Crippen molar-refractivity contribution in [3.8, 4) is 0 Å². The number of rotatable bonds is 4. The lowest BCUT2D eigenvalue weighted by molar-refractivity contribution is 0.513. The normalized spacial score (nSPS) is 12.7. The van der Waals surface area contributed by atoms with E-state index in [1.165, 1.54) is 12.1 Å². The summed E-state index contributed by atoms with van der Waals surface area (Å²) in [7, 11) is 1.80. The van der Waals surface area contributed by atoms with E-state index < -0.39 is 11.6 Å². The van der Waals surface area contributed by atoms with Gasteiger partial charge in [-0.05, 0) is 38.1 Å². The fourth-order valence-electron chi connectivity index (χ4n) is 1.94. The zero-order valence-corrected chi connectivity index (χ0v) is 10.3. The van der Waals surface area contributed by atoms with Crippen molar-refractivity contribution in [3.05, 3.63) is 59.1 Å². The van der Waals surface area contributed by atoms with Gasteiger partial charge in [0.1, 0.15) is 17.4 Å². The van der Waals surface area contributed by atoms with E-state index in [9.17, 15) is 8.78 Å². The first-order valence-electron chi connectivity index (χ1n) is 5.76. The molecule has 96 valence electrons. The third kappa shape index (κ3) is 2.76. The van der Waals surface area contributed by atoms with Crippen LogP contribution in [0.1, 0.15) is 22.9 Å². The molecule has 1 N–H and O–H groups in total. The van der Waals surface area contributed by atoms with Crippen molar-refractivity contribution in [2.45, 2.75) is 19.4 Å². The van der Waals surface area contributed by atoms with Gasteiger partial charge in [-0.2, -0.15) is 0 Å². The van der Waals surface area contributed by atoms with E-state index in [1.807, 2.05) is 13.0 Å². The first-order chi connectivity index (χ1) is 8.60. The molecule has 0 aliphatic heterocycles. The van der Waals surface area contributed by atoms with E-state index in [0.717, 1.165) is 17.4 Å². The predicted molar refractivity (Wildman–Crippen MR) is 65.3 cm³/mol. The SMILES string of the molecule is CNC(Cc1ccc(F)cc1F)c1coc(C)c1. The number of likely N-dealkylation sites (N-methyl/N-ethyl adjacent to an activating group) is 1. The quantitative estimate of drug-likeness (QED) is 0.901. The molecule has 0 aliphatic rings. The summed E-state index contributed by atoms with van der Waals surface area (Å²) in [5, 5.41) is 3.10. The standard InChI is InChI=1S/C14H15F2NO/c1-9-5-11(8-18-9)14(17-2)6-10-3-4-12(15)7-13(10)16/h3-5,7-8,14,17H,6H2,1-2H3. The first-order valence-corrected chi connectivity index (χ1v) is 5.76. The van der Waals surface area contributed by atoms with Gasteiger partial charge in [0, 0.05) is 17.7 Å². The molecule has 2 rings (SSSR count). The summed E-state index contributed by atoms with van der Waals surface area (Å²) >= 11 is 0. The smallest absolute Gasteiger partial charge is 0.129 e. The topological polar surface area (TPSA) is 25.2 Å². The second-order valence-corrected chi connectivity index (χ2v) is 4.27. The van der Waals surface area contributed by atoms with Gasteiger partial charge in [-0.15, -0.1) is 0 Å². The summed E-state index contributed by atoms with van der Waals surface area (Å²) < 4.78 is 31.6. The Labute approximate surface area is 105 Å². The zero-order chi connectivity index (χ0) is 13.1. The minimum atomic E-state index is -0.559. The molecule has 4 heteroatoms. The maximum atomic E-state index is 13.6. The van der Waals surface area contributed by atoms with Gasteiger partial charge in [-0.3, -0.25) is 0 Å². The summed E-state index contributed by atoms with van der Waals surface area (Å²) in [4.78, 5) is 0. The molecule has 0 fully saturated rings. The predicted octanol–water partition coefficient (Wildman–Crippen LogP) is 3.37. The average molecular weight is 251 g/mol. The van der Waals surface area contributed by atoms with Gasteiger partial charge in [0.15, 0.2) is 0 Å². The highest BCUT2D eigenvalue weighted by Crippen LogP contribution is 2.22. The third-order valence-corrected chi connectivity index (χ3v) is 2.94. The van der Waals surface area contributed by atoms with Crippen LogP contribution in [0.5, 0.6) is 0 Å². The lowest BCUT2D eigenvalue weighted by Gasteiger charge is -2.14. The molecule has 0 radical (unpaired) electrons. The largest absolute Gasteiger partial charge is 0.469 e. The first kappa shape index (κ1) is 12.8. The van der Waals surface area contributed by atoms with Crippen LogP contribution >= 0.6 is 0 Å². The molecule has 0 bridgehead atoms. The summed E-state index contributed by atoms with van der Waals surface area (Å²) in [6.45, 7) is 1.86. The van der Waals surface area contributed by atoms with E-state index in [2.05, 4.69) is 5.32 Å². The highest BCUT2D eigenvalue weighted by molar-refractivity contribution is 5.24. The minimum absolute atomic E-state index is 0.0533. The van der Waals surface area contributed by atoms with E-state index in [0.29, 0.717) is 12.0 Å². The Balaban J connectivity index is 2.20. The number of hydrogen-bond acceptors (Lipinski definition) is 2. The number of benzene rings is 1. The molecule has 18 heavy (non-hydrogen) atoms. The van der Waals surface area contributed by atoms with Crippen molar-refractivity contribution in [2.24, 2.45) is 0 Å². The summed E-state index contributed by atoms with van der Waals surface area (Å²) in [6.07, 6.45) is 2.10. The third-order valence-electron chi connectivity index (χ3n) is 2.94. The number of nitrogens with one attached hydrogen (secondary N) is 1. The van der Waals surface area contributed by atoms with Crippen LogP contribution < -0.4 is 5.32 Å². The fraction of sp³-hybridized carbons (Fsp3) is 0.286. The van der Waals surface area contributed by atoms with Crippen LogP contribution in [0.4, 0.5) is 8.78 Å². The summed E-state index contributed by atoms with van der Waals surface area (Å²) in [6, 6.07) is 5.50. The number of halogens is 2. The highest BCUT2D eigenvalue weighted by Gasteiger charge is 2.15. The Morgan fingerprint density at radius 3 is 2.61 bits per heavy atom. The van der Waals surface area contributed by atoms with Gasteiger partial charge in [-0.25, -0.2) is 8.78 Å². The van der Waals surface area contributed by atoms with E-state index >= 15 is 0 Å². The Morgan fingerprint density at radius 1 is 1.28 bits per heavy atom. The van der Waals surface area contributed by atoms with Gasteiger partial charge in [0.25, 0.3) is 0 Å². The summed E-state index contributed by atoms with van der Waals surface area (Å²) in [5.74, 6) is -0.267. The van der Waals surface area contributed by atoms with Gasteiger partial charge >= 0.3 is 0 Å². The average Bonchev–Trinajstić information content (AvgIpc) is 2.75. The monoisotopic (exact) mass is 251 g/mol. The molecule has 2 aromatic rings. The van der Waals surface area contributed by atoms with Gasteiger partial charge < -0.3 is 9.73 Å². The van der Waals surface area contributed by atoms with E-state index in [4.69, 9.17) is 4.42 Å². The number of hydrogen-bond donors (Lipinski definition) is 1. The second-order valence-electron chi connectivity index (χ2n) is 4.27. The van der Waals surface area contributed by atoms with Crippen LogP contribution in [0, 0.1) is 18.6 Å². The summed E-state index contributed by atoms with van der Waals surface area (Å²) in [5.41, 5.74) is 1.44. The van der Waals surface area contributed by atoms with E-state index in [-0.39, 0.29) is 6.04 Å². The van der Waals surface area contributed by atoms with Crippen molar-refractivity contribution in [2.75, 3.05) is 7.05 Å². The van der Waals surface area contributed by atoms with Crippen molar-refractivity contribution in [3.63, 3.8) is 0 Å². The van der Waals surface area contributed by atoms with Crippen molar-refractivity contribution >= 4 is 0 Å². The molecular formula is C14H15F2NO. The molecule has 1 heterocycles. The maximum absolute atomic E-state index is 13.6. The van der Waals surface area contributed by atoms with Crippen LogP contribution in [-0.4, -0.2) is 7.05 Å². The molecular weight excluding hydrogens is 236 g/mol. The molecule has 0 saturated heterocycles. The van der Waals surface area contributed by atoms with Crippen LogP contribution in [0.25, 0.3) is 0 Å². The van der Waals surface area contributed by atoms with Crippen LogP contribution in [0.2, 0.25) is 0 Å². The molecule has 0 amide bonds. The lowest BCUT2D eigenvalue weighted by atomic mass is 10.0. The van der Waals surface area contributed by atoms with Gasteiger partial charge in [0.2, 0.25) is 0 Å². The maximum Gasteiger partial charge on any atom is 0.129 e. The van der Waals surface area contributed by atoms with Crippen molar-refractivity contribution in [1.82, 2.24) is 5.32 Å². The molecule has 2 nitrogen and oxygen atoms in total. The minimum Gasteiger partial charge on any atom is -0.469 e. The van der Waals surface area contributed by atoms with Crippen LogP contribution in [-0.2, 0) is 6.42 Å². The fourth-order valence-corrected chi connectivity index (χ4v) is 1.94. The molecule has 1 aromatic heterocycles. The lowest BCUT2D eigenvalue weighted by Crippen LogP contribution is -2.18. The van der Waals surface area contributed by atoms with Crippen LogP contribution in [0.3, 0.4) is 0 Å². The van der Waals surface area contributed by atoms with Gasteiger partial charge in [-0.1, -0.05) is 6.07 Å². The number of aryl methyl sites for hydroxylation is 1. The zero-order valence-electron chi connectivity index (χ0n) is 10.3. The molecule has 0 spiro atoms. The Bertz CT molecular complexity index is 536. The van der Waals surface area contributed by atoms with Gasteiger partial charge in [0.05, 0.1) is 6.26 Å². The molecule has 0 aliphatic carbocycles. The Hall–Kier alpha value is -1.68. The molecule has 1 unspecified atom stereocenters. The molecule has 1 atom stereocenters. The Kier molecular flexibility index (Phi) is 3.77. The Morgan fingerprint density at radius 2 is 2.06 bits per heavy atom. The van der Waals surface area contributed by atoms with Crippen molar-refractivity contribution in [1.29, 1.82) is 0 Å². The van der Waals surface area contributed by atoms with Crippen LogP contribution in [0.15, 0.2) is 34.9 Å².